The predicted molar refractivity (Wildman–Crippen MR) is 92.1 cm³/mol. The summed E-state index contributed by atoms with van der Waals surface area (Å²) in [5, 5.41) is 26.1. The topological polar surface area (TPSA) is 95.2 Å². The van der Waals surface area contributed by atoms with Gasteiger partial charge in [0.1, 0.15) is 17.0 Å². The summed E-state index contributed by atoms with van der Waals surface area (Å²) in [6.45, 7) is 5.24. The highest BCUT2D eigenvalue weighted by Gasteiger charge is 2.57. The average molecular weight is 355 g/mol. The molecule has 4 atom stereocenters. The van der Waals surface area contributed by atoms with E-state index in [-0.39, 0.29) is 17.7 Å². The van der Waals surface area contributed by atoms with E-state index < -0.39 is 17.3 Å². The molecule has 1 fully saturated rings. The lowest BCUT2D eigenvalue weighted by molar-refractivity contribution is -0.179. The van der Waals surface area contributed by atoms with Crippen molar-refractivity contribution in [3.63, 3.8) is 0 Å². The third-order valence-electron chi connectivity index (χ3n) is 5.75. The maximum atomic E-state index is 12.0. The zero-order valence-electron chi connectivity index (χ0n) is 15.2. The van der Waals surface area contributed by atoms with Gasteiger partial charge in [-0.1, -0.05) is 0 Å². The minimum atomic E-state index is -1.37. The van der Waals surface area contributed by atoms with Crippen molar-refractivity contribution in [2.75, 3.05) is 7.05 Å². The second kappa shape index (κ2) is 5.21. The first kappa shape index (κ1) is 16.9. The van der Waals surface area contributed by atoms with Crippen molar-refractivity contribution < 1.29 is 19.4 Å². The second-order valence-corrected chi connectivity index (χ2v) is 7.87. The normalized spacial score (nSPS) is 34.0. The molecule has 3 aliphatic rings. The van der Waals surface area contributed by atoms with E-state index in [0.717, 1.165) is 0 Å². The summed E-state index contributed by atoms with van der Waals surface area (Å²) in [5.41, 5.74) is -1.23. The largest absolute Gasteiger partial charge is 0.484 e. The summed E-state index contributed by atoms with van der Waals surface area (Å²) >= 11 is 0. The summed E-state index contributed by atoms with van der Waals surface area (Å²) in [4.78, 5) is 12.0. The number of nitriles is 1. The van der Waals surface area contributed by atoms with Gasteiger partial charge in [0, 0.05) is 18.5 Å². The smallest absolute Gasteiger partial charge is 0.246 e. The monoisotopic (exact) mass is 355 g/mol. The fourth-order valence-electron chi connectivity index (χ4n) is 3.57. The molecule has 136 valence electrons. The molecule has 7 nitrogen and oxygen atoms in total. The molecule has 7 heteroatoms. The molecule has 4 rings (SSSR count). The van der Waals surface area contributed by atoms with Crippen molar-refractivity contribution in [1.82, 2.24) is 5.01 Å². The van der Waals surface area contributed by atoms with Gasteiger partial charge in [-0.05, 0) is 45.4 Å². The Hall–Kier alpha value is -2.59. The van der Waals surface area contributed by atoms with E-state index in [9.17, 15) is 15.2 Å². The summed E-state index contributed by atoms with van der Waals surface area (Å²) < 4.78 is 12.2. The lowest BCUT2D eigenvalue weighted by Gasteiger charge is -2.49. The Labute approximate surface area is 151 Å². The maximum absolute atomic E-state index is 12.0. The average Bonchev–Trinajstić information content (AvgIpc) is 3.37. The number of hydrogen-bond donors (Lipinski definition) is 1. The van der Waals surface area contributed by atoms with E-state index in [0.29, 0.717) is 29.2 Å². The molecule has 1 aliphatic carbocycles. The minimum Gasteiger partial charge on any atom is -0.484 e. The number of rotatable bonds is 1. The zero-order chi connectivity index (χ0) is 18.9. The molecule has 26 heavy (non-hydrogen) atoms. The molecular formula is C19H21N3O4. The van der Waals surface area contributed by atoms with Crippen LogP contribution in [0, 0.1) is 23.2 Å². The fraction of sp³-hybridized carbons (Fsp3) is 0.526. The zero-order valence-corrected chi connectivity index (χ0v) is 15.2. The fourth-order valence-corrected chi connectivity index (χ4v) is 3.57. The van der Waals surface area contributed by atoms with Crippen LogP contribution >= 0.6 is 0 Å². The highest BCUT2D eigenvalue weighted by atomic mass is 16.6. The molecule has 1 N–H and O–H groups in total. The van der Waals surface area contributed by atoms with Gasteiger partial charge < -0.3 is 14.6 Å². The summed E-state index contributed by atoms with van der Waals surface area (Å²) in [6, 6.07) is 7.17. The first-order valence-corrected chi connectivity index (χ1v) is 8.64. The number of hydrazone groups is 1. The molecule has 1 amide bonds. The molecule has 0 unspecified atom stereocenters. The number of carbonyl (C=O) groups excluding carboxylic acids is 1. The molecule has 0 spiro atoms. The van der Waals surface area contributed by atoms with Crippen LogP contribution in [0.3, 0.4) is 0 Å². The number of hydrogen-bond acceptors (Lipinski definition) is 6. The Bertz CT molecular complexity index is 868. The molecule has 2 aliphatic heterocycles. The minimum absolute atomic E-state index is 0.00594. The van der Waals surface area contributed by atoms with E-state index in [1.807, 2.05) is 0 Å². The van der Waals surface area contributed by atoms with Crippen LogP contribution < -0.4 is 4.74 Å². The summed E-state index contributed by atoms with van der Waals surface area (Å²) in [6.07, 6.45) is -0.0573. The Morgan fingerprint density at radius 3 is 2.81 bits per heavy atom. The second-order valence-electron chi connectivity index (χ2n) is 7.87. The van der Waals surface area contributed by atoms with Crippen LogP contribution in [-0.2, 0) is 9.53 Å². The van der Waals surface area contributed by atoms with Gasteiger partial charge in [-0.25, -0.2) is 5.01 Å². The highest BCUT2D eigenvalue weighted by Crippen LogP contribution is 2.51. The van der Waals surface area contributed by atoms with Crippen LogP contribution in [0.2, 0.25) is 0 Å². The number of amides is 1. The van der Waals surface area contributed by atoms with E-state index in [1.54, 1.807) is 46.0 Å². The first-order chi connectivity index (χ1) is 12.2. The highest BCUT2D eigenvalue weighted by molar-refractivity contribution is 5.96. The quantitative estimate of drug-likeness (QED) is 0.831. The van der Waals surface area contributed by atoms with Gasteiger partial charge in [-0.3, -0.25) is 4.79 Å². The Morgan fingerprint density at radius 1 is 1.38 bits per heavy atom. The van der Waals surface area contributed by atoms with Crippen LogP contribution in [0.15, 0.2) is 23.3 Å². The Kier molecular flexibility index (Phi) is 3.38. The SMILES string of the molecule is CN1N=C(O[C@@H]2c3cc(C#N)ccc3OC(C)(C)[C@@]2(C)O)[C@@H]2C[C@@H]2C1=O. The molecule has 0 saturated heterocycles. The van der Waals surface area contributed by atoms with Crippen LogP contribution in [0.5, 0.6) is 5.75 Å². The Morgan fingerprint density at radius 2 is 2.12 bits per heavy atom. The molecule has 0 aromatic heterocycles. The van der Waals surface area contributed by atoms with Crippen molar-refractivity contribution >= 4 is 11.8 Å². The molecular weight excluding hydrogens is 334 g/mol. The van der Waals surface area contributed by atoms with Crippen molar-refractivity contribution in [2.24, 2.45) is 16.9 Å². The van der Waals surface area contributed by atoms with Gasteiger partial charge in [0.05, 0.1) is 17.6 Å². The van der Waals surface area contributed by atoms with Crippen LogP contribution in [0.1, 0.15) is 44.4 Å². The third-order valence-corrected chi connectivity index (χ3v) is 5.75. The lowest BCUT2D eigenvalue weighted by atomic mass is 9.77. The van der Waals surface area contributed by atoms with Gasteiger partial charge >= 0.3 is 0 Å². The molecule has 0 bridgehead atoms. The van der Waals surface area contributed by atoms with Crippen molar-refractivity contribution in [2.45, 2.75) is 44.5 Å². The number of benzene rings is 1. The van der Waals surface area contributed by atoms with Crippen molar-refractivity contribution in [3.05, 3.63) is 29.3 Å². The third kappa shape index (κ3) is 2.29. The van der Waals surface area contributed by atoms with E-state index >= 15 is 0 Å². The van der Waals surface area contributed by atoms with Crippen LogP contribution in [0.25, 0.3) is 0 Å². The van der Waals surface area contributed by atoms with Crippen LogP contribution in [0.4, 0.5) is 0 Å². The first-order valence-electron chi connectivity index (χ1n) is 8.64. The standard InChI is InChI=1S/C19H21N3O4/c1-18(2)19(3,24)15(13-7-10(9-20)5-6-14(13)26-18)25-16-11-8-12(11)17(23)22(4)21-16/h5-7,11-12,15,24H,8H2,1-4H3/t11-,12+,15-,19+/m1/s1. The molecule has 2 heterocycles. The van der Waals surface area contributed by atoms with Gasteiger partial charge in [0.2, 0.25) is 11.8 Å². The number of carbonyl (C=O) groups is 1. The molecule has 0 radical (unpaired) electrons. The van der Waals surface area contributed by atoms with Crippen molar-refractivity contribution in [1.29, 1.82) is 5.26 Å². The summed E-state index contributed by atoms with van der Waals surface area (Å²) in [5.74, 6) is 0.888. The maximum Gasteiger partial charge on any atom is 0.246 e. The number of nitrogens with zero attached hydrogens (tertiary/aromatic N) is 3. The van der Waals surface area contributed by atoms with Gasteiger partial charge in [-0.15, -0.1) is 5.10 Å². The number of aliphatic hydroxyl groups is 1. The number of fused-ring (bicyclic) bond motifs is 2. The van der Waals surface area contributed by atoms with Gasteiger partial charge in [0.15, 0.2) is 6.10 Å². The molecule has 1 aromatic rings. The van der Waals surface area contributed by atoms with E-state index in [1.165, 1.54) is 5.01 Å². The molecule has 1 saturated carbocycles. The van der Waals surface area contributed by atoms with E-state index in [2.05, 4.69) is 11.2 Å². The predicted octanol–water partition coefficient (Wildman–Crippen LogP) is 1.96. The van der Waals surface area contributed by atoms with E-state index in [4.69, 9.17) is 9.47 Å². The van der Waals surface area contributed by atoms with Crippen molar-refractivity contribution in [3.8, 4) is 11.8 Å². The van der Waals surface area contributed by atoms with Crippen LogP contribution in [-0.4, -0.2) is 40.2 Å². The lowest BCUT2D eigenvalue weighted by Crippen LogP contribution is -2.59. The number of ether oxygens (including phenoxy) is 2. The van der Waals surface area contributed by atoms with Gasteiger partial charge in [-0.2, -0.15) is 5.26 Å². The van der Waals surface area contributed by atoms with Gasteiger partial charge in [0.25, 0.3) is 0 Å². The molecule has 1 aromatic carbocycles. The Balaban J connectivity index is 1.77. The summed E-state index contributed by atoms with van der Waals surface area (Å²) in [7, 11) is 1.61.